The van der Waals surface area contributed by atoms with E-state index in [0.717, 1.165) is 24.5 Å². The normalized spacial score (nSPS) is 17.7. The van der Waals surface area contributed by atoms with Crippen LogP contribution < -0.4 is 31.9 Å². The fourth-order valence-electron chi connectivity index (χ4n) is 5.89. The zero-order valence-corrected chi connectivity index (χ0v) is 27.0. The van der Waals surface area contributed by atoms with E-state index in [0.29, 0.717) is 69.4 Å². The number of benzene rings is 2. The van der Waals surface area contributed by atoms with Crippen molar-refractivity contribution in [2.75, 3.05) is 88.2 Å². The Morgan fingerprint density at radius 1 is 0.896 bits per heavy atom. The number of anilines is 3. The third-order valence-electron chi connectivity index (χ3n) is 8.52. The van der Waals surface area contributed by atoms with Gasteiger partial charge in [0.1, 0.15) is 6.04 Å². The summed E-state index contributed by atoms with van der Waals surface area (Å²) >= 11 is 0. The van der Waals surface area contributed by atoms with Crippen LogP contribution in [-0.2, 0) is 30.4 Å². The van der Waals surface area contributed by atoms with Gasteiger partial charge < -0.3 is 45.9 Å². The number of ether oxygens (including phenoxy) is 2. The summed E-state index contributed by atoms with van der Waals surface area (Å²) in [7, 11) is 0. The minimum Gasteiger partial charge on any atom is -0.399 e. The minimum absolute atomic E-state index is 0.0845. The molecule has 1 unspecified atom stereocenters. The standard InChI is InChI=1S/C33H44N8O7/c34-23-4-6-24(7-5-23)39-14-16-40(17-15-39)33(46)36-13-21-48-20-12-35-11-19-47-18-10-30(43)37-27-3-1-2-25-26(27)22-41(32(25)45)28-8-9-29(42)38-31(28)44/h1-7,28,35H,8-22,34H2,(H,36,46)(H,37,43)(H,38,42,44). The molecule has 0 bridgehead atoms. The maximum Gasteiger partial charge on any atom is 0.317 e. The van der Waals surface area contributed by atoms with Crippen LogP contribution in [0.1, 0.15) is 35.2 Å². The molecule has 258 valence electrons. The van der Waals surface area contributed by atoms with E-state index in [-0.39, 0.29) is 56.2 Å². The number of amides is 6. The number of carbonyl (C=O) groups excluding carboxylic acids is 5. The van der Waals surface area contributed by atoms with Crippen LogP contribution >= 0.6 is 0 Å². The summed E-state index contributed by atoms with van der Waals surface area (Å²) in [5.74, 6) is -1.36. The Labute approximate surface area is 279 Å². The summed E-state index contributed by atoms with van der Waals surface area (Å²) in [6, 6.07) is 12.1. The van der Waals surface area contributed by atoms with E-state index in [9.17, 15) is 24.0 Å². The lowest BCUT2D eigenvalue weighted by Gasteiger charge is -2.36. The number of piperidine rings is 1. The first kappa shape index (κ1) is 34.6. The second-order valence-electron chi connectivity index (χ2n) is 11.8. The molecular weight excluding hydrogens is 620 g/mol. The minimum atomic E-state index is -0.716. The Balaban J connectivity index is 0.867. The van der Waals surface area contributed by atoms with Gasteiger partial charge in [-0.15, -0.1) is 0 Å². The molecule has 0 aliphatic carbocycles. The van der Waals surface area contributed by atoms with Gasteiger partial charge in [0.25, 0.3) is 5.91 Å². The molecule has 6 amide bonds. The zero-order chi connectivity index (χ0) is 33.9. The highest BCUT2D eigenvalue weighted by atomic mass is 16.5. The van der Waals surface area contributed by atoms with Crippen molar-refractivity contribution in [3.05, 3.63) is 53.6 Å². The number of piperazine rings is 1. The monoisotopic (exact) mass is 664 g/mol. The third-order valence-corrected chi connectivity index (χ3v) is 8.52. The number of urea groups is 1. The molecule has 0 radical (unpaired) electrons. The van der Waals surface area contributed by atoms with Crippen molar-refractivity contribution in [3.8, 4) is 0 Å². The van der Waals surface area contributed by atoms with Gasteiger partial charge in [-0.3, -0.25) is 24.5 Å². The lowest BCUT2D eigenvalue weighted by molar-refractivity contribution is -0.137. The van der Waals surface area contributed by atoms with Gasteiger partial charge >= 0.3 is 6.03 Å². The molecule has 2 aromatic carbocycles. The number of nitrogens with zero attached hydrogens (tertiary/aromatic N) is 3. The summed E-state index contributed by atoms with van der Waals surface area (Å²) in [6.45, 7) is 6.22. The van der Waals surface area contributed by atoms with Crippen molar-refractivity contribution in [2.45, 2.75) is 31.8 Å². The fraction of sp³-hybridized carbons (Fsp3) is 0.485. The van der Waals surface area contributed by atoms with Crippen molar-refractivity contribution in [3.63, 3.8) is 0 Å². The van der Waals surface area contributed by atoms with Crippen LogP contribution in [0.15, 0.2) is 42.5 Å². The average molecular weight is 665 g/mol. The molecule has 0 aromatic heterocycles. The lowest BCUT2D eigenvalue weighted by atomic mass is 10.0. The predicted molar refractivity (Wildman–Crippen MR) is 178 cm³/mol. The molecule has 3 heterocycles. The molecule has 15 nitrogen and oxygen atoms in total. The Morgan fingerprint density at radius 3 is 2.33 bits per heavy atom. The van der Waals surface area contributed by atoms with Gasteiger partial charge in [-0.1, -0.05) is 6.07 Å². The molecule has 6 N–H and O–H groups in total. The van der Waals surface area contributed by atoms with Gasteiger partial charge in [-0.25, -0.2) is 4.79 Å². The summed E-state index contributed by atoms with van der Waals surface area (Å²) in [4.78, 5) is 67.3. The number of imide groups is 1. The number of hydrogen-bond donors (Lipinski definition) is 5. The zero-order valence-electron chi connectivity index (χ0n) is 27.0. The molecule has 1 atom stereocenters. The highest BCUT2D eigenvalue weighted by molar-refractivity contribution is 6.06. The molecule has 0 saturated carbocycles. The molecule has 5 rings (SSSR count). The van der Waals surface area contributed by atoms with Crippen molar-refractivity contribution >= 4 is 46.7 Å². The van der Waals surface area contributed by atoms with Gasteiger partial charge in [0.15, 0.2) is 0 Å². The molecule has 2 saturated heterocycles. The lowest BCUT2D eigenvalue weighted by Crippen LogP contribution is -2.52. The van der Waals surface area contributed by atoms with Crippen LogP contribution in [0.25, 0.3) is 0 Å². The number of hydrogen-bond acceptors (Lipinski definition) is 10. The molecule has 0 spiro atoms. The highest BCUT2D eigenvalue weighted by Gasteiger charge is 2.40. The maximum atomic E-state index is 13.0. The number of nitrogens with two attached hydrogens (primary N) is 1. The first-order valence-electron chi connectivity index (χ1n) is 16.4. The first-order chi connectivity index (χ1) is 23.3. The SMILES string of the molecule is Nc1ccc(N2CCN(C(=O)NCCOCCNCCOCCC(=O)Nc3cccc4c3CN(C3CCC(=O)NC3=O)C4=O)CC2)cc1. The van der Waals surface area contributed by atoms with E-state index in [1.54, 1.807) is 18.2 Å². The first-order valence-corrected chi connectivity index (χ1v) is 16.4. The second-order valence-corrected chi connectivity index (χ2v) is 11.8. The molecule has 3 aliphatic rings. The molecule has 15 heteroatoms. The van der Waals surface area contributed by atoms with Crippen molar-refractivity contribution in [1.29, 1.82) is 0 Å². The predicted octanol–water partition coefficient (Wildman–Crippen LogP) is 0.513. The number of carbonyl (C=O) groups is 5. The summed E-state index contributed by atoms with van der Waals surface area (Å²) in [5.41, 5.74) is 9.22. The van der Waals surface area contributed by atoms with E-state index < -0.39 is 11.9 Å². The van der Waals surface area contributed by atoms with Crippen LogP contribution in [0.2, 0.25) is 0 Å². The molecular formula is C33H44N8O7. The average Bonchev–Trinajstić information content (AvgIpc) is 3.42. The highest BCUT2D eigenvalue weighted by Crippen LogP contribution is 2.32. The number of fused-ring (bicyclic) bond motifs is 1. The van der Waals surface area contributed by atoms with E-state index in [1.165, 1.54) is 4.90 Å². The van der Waals surface area contributed by atoms with E-state index in [2.05, 4.69) is 26.2 Å². The van der Waals surface area contributed by atoms with Gasteiger partial charge in [0.2, 0.25) is 17.7 Å². The number of rotatable bonds is 15. The second kappa shape index (κ2) is 16.9. The Morgan fingerprint density at radius 2 is 1.60 bits per heavy atom. The van der Waals surface area contributed by atoms with Crippen LogP contribution in [0.4, 0.5) is 21.9 Å². The molecule has 3 aliphatic heterocycles. The van der Waals surface area contributed by atoms with Crippen LogP contribution in [0.3, 0.4) is 0 Å². The van der Waals surface area contributed by atoms with Gasteiger partial charge in [-0.05, 0) is 42.8 Å². The maximum absolute atomic E-state index is 13.0. The molecule has 2 fully saturated rings. The van der Waals surface area contributed by atoms with E-state index in [4.69, 9.17) is 15.2 Å². The van der Waals surface area contributed by atoms with Crippen LogP contribution in [0, 0.1) is 0 Å². The van der Waals surface area contributed by atoms with Crippen molar-refractivity contribution in [2.24, 2.45) is 0 Å². The largest absolute Gasteiger partial charge is 0.399 e. The molecule has 2 aromatic rings. The van der Waals surface area contributed by atoms with E-state index >= 15 is 0 Å². The Hall–Kier alpha value is -4.73. The number of nitrogens with one attached hydrogen (secondary N) is 4. The van der Waals surface area contributed by atoms with Crippen LogP contribution in [-0.4, -0.2) is 118 Å². The van der Waals surface area contributed by atoms with Gasteiger partial charge in [-0.2, -0.15) is 0 Å². The smallest absolute Gasteiger partial charge is 0.317 e. The topological polar surface area (TPSA) is 188 Å². The summed E-state index contributed by atoms with van der Waals surface area (Å²) in [6.07, 6.45) is 0.593. The molecule has 48 heavy (non-hydrogen) atoms. The summed E-state index contributed by atoms with van der Waals surface area (Å²) < 4.78 is 11.2. The third kappa shape index (κ3) is 9.20. The van der Waals surface area contributed by atoms with Gasteiger partial charge in [0, 0.05) is 87.0 Å². The number of nitrogen functional groups attached to an aromatic ring is 1. The van der Waals surface area contributed by atoms with Crippen LogP contribution in [0.5, 0.6) is 0 Å². The Bertz CT molecular complexity index is 1460. The fourth-order valence-corrected chi connectivity index (χ4v) is 5.89. The van der Waals surface area contributed by atoms with Crippen molar-refractivity contribution in [1.82, 2.24) is 25.8 Å². The van der Waals surface area contributed by atoms with Gasteiger partial charge in [0.05, 0.1) is 32.8 Å². The summed E-state index contributed by atoms with van der Waals surface area (Å²) in [5, 5.41) is 11.3. The Kier molecular flexibility index (Phi) is 12.2. The van der Waals surface area contributed by atoms with E-state index in [1.807, 2.05) is 29.2 Å². The van der Waals surface area contributed by atoms with Crippen molar-refractivity contribution < 1.29 is 33.4 Å². The quantitative estimate of drug-likeness (QED) is 0.102.